The second-order valence-electron chi connectivity index (χ2n) is 6.13. The van der Waals surface area contributed by atoms with Crippen LogP contribution < -0.4 is 10.1 Å². The Labute approximate surface area is 164 Å². The minimum absolute atomic E-state index is 0.616. The van der Waals surface area contributed by atoms with Gasteiger partial charge in [0.25, 0.3) is 0 Å². The molecule has 6 heteroatoms. The van der Waals surface area contributed by atoms with Crippen LogP contribution >= 0.6 is 11.9 Å². The lowest BCUT2D eigenvalue weighted by Crippen LogP contribution is -2.00. The highest BCUT2D eigenvalue weighted by atomic mass is 32.2. The number of nitrogens with one attached hydrogen (secondary N) is 1. The maximum atomic E-state index is 5.72. The van der Waals surface area contributed by atoms with E-state index in [9.17, 15) is 0 Å². The summed E-state index contributed by atoms with van der Waals surface area (Å²) in [5.74, 6) is 2.51. The van der Waals surface area contributed by atoms with Gasteiger partial charge in [-0.05, 0) is 50.8 Å². The van der Waals surface area contributed by atoms with Gasteiger partial charge < -0.3 is 10.1 Å². The second-order valence-corrected chi connectivity index (χ2v) is 7.41. The fourth-order valence-electron chi connectivity index (χ4n) is 2.62. The number of hydrogen-bond acceptors (Lipinski definition) is 6. The van der Waals surface area contributed by atoms with E-state index in [0.29, 0.717) is 6.61 Å². The molecule has 1 N–H and O–H groups in total. The maximum absolute atomic E-state index is 5.72. The zero-order valence-corrected chi connectivity index (χ0v) is 16.7. The SMILES string of the molecule is CCOc1ccccc1-c1cc(Nc2cccc(CSN(C)C)c2)ncn1. The lowest BCUT2D eigenvalue weighted by Gasteiger charge is -2.12. The molecule has 0 unspecified atom stereocenters. The van der Waals surface area contributed by atoms with Crippen molar-refractivity contribution in [1.29, 1.82) is 0 Å². The van der Waals surface area contributed by atoms with Gasteiger partial charge in [0.1, 0.15) is 17.9 Å². The number of ether oxygens (including phenoxy) is 1. The molecule has 0 bridgehead atoms. The molecule has 0 atom stereocenters. The zero-order valence-electron chi connectivity index (χ0n) is 15.8. The molecular formula is C21H24N4OS. The van der Waals surface area contributed by atoms with Crippen LogP contribution in [-0.4, -0.2) is 35.0 Å². The molecule has 0 aliphatic rings. The Kier molecular flexibility index (Phi) is 6.68. The fraction of sp³-hybridized carbons (Fsp3) is 0.238. The third-order valence-electron chi connectivity index (χ3n) is 3.82. The number of nitrogens with zero attached hydrogens (tertiary/aromatic N) is 3. The van der Waals surface area contributed by atoms with Crippen LogP contribution in [0.3, 0.4) is 0 Å². The van der Waals surface area contributed by atoms with Gasteiger partial charge in [-0.2, -0.15) is 0 Å². The van der Waals surface area contributed by atoms with Crippen molar-refractivity contribution >= 4 is 23.5 Å². The molecule has 5 nitrogen and oxygen atoms in total. The first-order valence-corrected chi connectivity index (χ1v) is 9.80. The van der Waals surface area contributed by atoms with Gasteiger partial charge in [0.2, 0.25) is 0 Å². The second kappa shape index (κ2) is 9.39. The molecule has 0 saturated heterocycles. The normalized spacial score (nSPS) is 10.8. The van der Waals surface area contributed by atoms with E-state index >= 15 is 0 Å². The zero-order chi connectivity index (χ0) is 19.1. The Hall–Kier alpha value is -2.57. The molecule has 3 aromatic rings. The van der Waals surface area contributed by atoms with Gasteiger partial charge in [0, 0.05) is 23.1 Å². The topological polar surface area (TPSA) is 50.3 Å². The van der Waals surface area contributed by atoms with Crippen LogP contribution in [-0.2, 0) is 5.75 Å². The maximum Gasteiger partial charge on any atom is 0.134 e. The average molecular weight is 381 g/mol. The fourth-order valence-corrected chi connectivity index (χ4v) is 3.21. The van der Waals surface area contributed by atoms with E-state index in [0.717, 1.165) is 34.3 Å². The van der Waals surface area contributed by atoms with Gasteiger partial charge in [-0.15, -0.1) is 0 Å². The summed E-state index contributed by atoms with van der Waals surface area (Å²) in [6.07, 6.45) is 1.58. The van der Waals surface area contributed by atoms with Crippen LogP contribution in [0.4, 0.5) is 11.5 Å². The first-order valence-electron chi connectivity index (χ1n) is 8.86. The molecule has 0 radical (unpaired) electrons. The van der Waals surface area contributed by atoms with Crippen molar-refractivity contribution in [3.05, 3.63) is 66.5 Å². The van der Waals surface area contributed by atoms with Gasteiger partial charge >= 0.3 is 0 Å². The summed E-state index contributed by atoms with van der Waals surface area (Å²) in [4.78, 5) is 8.78. The molecule has 0 amide bonds. The third kappa shape index (κ3) is 5.45. The monoisotopic (exact) mass is 380 g/mol. The molecule has 0 fully saturated rings. The first-order chi connectivity index (χ1) is 13.2. The van der Waals surface area contributed by atoms with E-state index in [1.54, 1.807) is 18.3 Å². The lowest BCUT2D eigenvalue weighted by molar-refractivity contribution is 0.341. The first kappa shape index (κ1) is 19.2. The minimum atomic E-state index is 0.616. The summed E-state index contributed by atoms with van der Waals surface area (Å²) in [6, 6.07) is 18.2. The van der Waals surface area contributed by atoms with Crippen LogP contribution in [0.5, 0.6) is 5.75 Å². The van der Waals surface area contributed by atoms with Gasteiger partial charge in [0.15, 0.2) is 0 Å². The van der Waals surface area contributed by atoms with E-state index in [1.807, 2.05) is 43.3 Å². The highest BCUT2D eigenvalue weighted by Gasteiger charge is 2.08. The molecular weight excluding hydrogens is 356 g/mol. The molecule has 27 heavy (non-hydrogen) atoms. The number of hydrogen-bond donors (Lipinski definition) is 1. The molecule has 0 aliphatic heterocycles. The Balaban J connectivity index is 1.80. The smallest absolute Gasteiger partial charge is 0.134 e. The van der Waals surface area contributed by atoms with E-state index < -0.39 is 0 Å². The third-order valence-corrected chi connectivity index (χ3v) is 4.80. The van der Waals surface area contributed by atoms with E-state index in [1.165, 1.54) is 5.56 Å². The molecule has 3 rings (SSSR count). The van der Waals surface area contributed by atoms with E-state index in [4.69, 9.17) is 4.74 Å². The molecule has 0 saturated carbocycles. The Morgan fingerprint density at radius 2 is 1.89 bits per heavy atom. The number of aromatic nitrogens is 2. The lowest BCUT2D eigenvalue weighted by atomic mass is 10.1. The van der Waals surface area contributed by atoms with Crippen molar-refractivity contribution < 1.29 is 4.74 Å². The molecule has 0 aliphatic carbocycles. The van der Waals surface area contributed by atoms with Crippen molar-refractivity contribution in [2.75, 3.05) is 26.0 Å². The molecule has 2 aromatic carbocycles. The predicted octanol–water partition coefficient (Wildman–Crippen LogP) is 5.00. The highest BCUT2D eigenvalue weighted by molar-refractivity contribution is 7.96. The standard InChI is InChI=1S/C21H24N4OS/c1-4-26-20-11-6-5-10-18(20)19-13-21(23-15-22-19)24-17-9-7-8-16(12-17)14-27-25(2)3/h5-13,15H,4,14H2,1-3H3,(H,22,23,24). The Bertz CT molecular complexity index is 885. The number of benzene rings is 2. The summed E-state index contributed by atoms with van der Waals surface area (Å²) in [5, 5.41) is 3.38. The number of para-hydroxylation sites is 1. The van der Waals surface area contributed by atoms with E-state index in [-0.39, 0.29) is 0 Å². The summed E-state index contributed by atoms with van der Waals surface area (Å²) < 4.78 is 7.83. The highest BCUT2D eigenvalue weighted by Crippen LogP contribution is 2.30. The van der Waals surface area contributed by atoms with Crippen molar-refractivity contribution in [2.24, 2.45) is 0 Å². The van der Waals surface area contributed by atoms with Crippen molar-refractivity contribution in [2.45, 2.75) is 12.7 Å². The van der Waals surface area contributed by atoms with Crippen LogP contribution in [0.15, 0.2) is 60.9 Å². The predicted molar refractivity (Wildman–Crippen MR) is 113 cm³/mol. The molecule has 140 valence electrons. The molecule has 1 aromatic heterocycles. The van der Waals surface area contributed by atoms with Gasteiger partial charge in [-0.25, -0.2) is 9.97 Å². The largest absolute Gasteiger partial charge is 0.493 e. The summed E-state index contributed by atoms with van der Waals surface area (Å²) in [7, 11) is 4.10. The van der Waals surface area contributed by atoms with Crippen LogP contribution in [0.1, 0.15) is 12.5 Å². The van der Waals surface area contributed by atoms with Crippen LogP contribution in [0.25, 0.3) is 11.3 Å². The van der Waals surface area contributed by atoms with E-state index in [2.05, 4.69) is 51.9 Å². The summed E-state index contributed by atoms with van der Waals surface area (Å²) >= 11 is 1.77. The van der Waals surface area contributed by atoms with Crippen LogP contribution in [0.2, 0.25) is 0 Å². The number of anilines is 2. The summed E-state index contributed by atoms with van der Waals surface area (Å²) in [5.41, 5.74) is 4.06. The molecule has 1 heterocycles. The Morgan fingerprint density at radius 1 is 1.04 bits per heavy atom. The quantitative estimate of drug-likeness (QED) is 0.555. The average Bonchev–Trinajstić information content (AvgIpc) is 2.68. The van der Waals surface area contributed by atoms with Gasteiger partial charge in [-0.1, -0.05) is 36.2 Å². The van der Waals surface area contributed by atoms with Gasteiger partial charge in [0.05, 0.1) is 12.3 Å². The minimum Gasteiger partial charge on any atom is -0.493 e. The van der Waals surface area contributed by atoms with Crippen molar-refractivity contribution in [1.82, 2.24) is 14.3 Å². The van der Waals surface area contributed by atoms with Crippen molar-refractivity contribution in [3.63, 3.8) is 0 Å². The van der Waals surface area contributed by atoms with Crippen molar-refractivity contribution in [3.8, 4) is 17.0 Å². The number of rotatable bonds is 8. The summed E-state index contributed by atoms with van der Waals surface area (Å²) in [6.45, 7) is 2.59. The van der Waals surface area contributed by atoms with Gasteiger partial charge in [-0.3, -0.25) is 4.31 Å². The Morgan fingerprint density at radius 3 is 2.70 bits per heavy atom. The van der Waals surface area contributed by atoms with Crippen LogP contribution in [0, 0.1) is 0 Å². The molecule has 0 spiro atoms.